The lowest BCUT2D eigenvalue weighted by Gasteiger charge is -2.28. The van der Waals surface area contributed by atoms with E-state index in [1.807, 2.05) is 36.5 Å². The molecule has 6 heteroatoms. The Hall–Kier alpha value is -1.92. The van der Waals surface area contributed by atoms with Crippen LogP contribution in [0.15, 0.2) is 47.4 Å². The predicted octanol–water partition coefficient (Wildman–Crippen LogP) is 1.80. The summed E-state index contributed by atoms with van der Waals surface area (Å²) in [7, 11) is -3.20. The Balaban J connectivity index is 1.81. The maximum Gasteiger partial charge on any atom is 0.250 e. The number of aryl methyl sites for hydroxylation is 2. The maximum atomic E-state index is 12.3. The molecule has 0 N–H and O–H groups in total. The summed E-state index contributed by atoms with van der Waals surface area (Å²) in [6.07, 6.45) is 3.21. The lowest BCUT2D eigenvalue weighted by molar-refractivity contribution is 0.389. The summed E-state index contributed by atoms with van der Waals surface area (Å²) in [5.41, 5.74) is 3.07. The van der Waals surface area contributed by atoms with Gasteiger partial charge in [0.1, 0.15) is 0 Å². The zero-order chi connectivity index (χ0) is 17.2. The lowest BCUT2D eigenvalue weighted by Crippen LogP contribution is -2.38. The molecule has 1 aromatic carbocycles. The van der Waals surface area contributed by atoms with Crippen molar-refractivity contribution in [3.63, 3.8) is 0 Å². The Kier molecular flexibility index (Phi) is 4.87. The van der Waals surface area contributed by atoms with Gasteiger partial charge in [-0.05, 0) is 36.5 Å². The molecule has 1 aliphatic heterocycles. The van der Waals surface area contributed by atoms with Gasteiger partial charge < -0.3 is 4.57 Å². The summed E-state index contributed by atoms with van der Waals surface area (Å²) in [4.78, 5) is 12.3. The van der Waals surface area contributed by atoms with Crippen LogP contribution >= 0.6 is 0 Å². The van der Waals surface area contributed by atoms with Gasteiger partial charge in [0.25, 0.3) is 5.56 Å². The highest BCUT2D eigenvalue weighted by atomic mass is 32.2. The first kappa shape index (κ1) is 16.9. The number of aromatic nitrogens is 1. The molecule has 0 saturated carbocycles. The first-order valence-electron chi connectivity index (χ1n) is 8.23. The number of nitrogens with zero attached hydrogens (tertiary/aromatic N) is 2. The van der Waals surface area contributed by atoms with Crippen LogP contribution in [-0.4, -0.2) is 29.6 Å². The van der Waals surface area contributed by atoms with Crippen LogP contribution in [-0.2, 0) is 36.0 Å². The first-order valence-corrected chi connectivity index (χ1v) is 9.84. The molecular weight excluding hydrogens is 324 g/mol. The fourth-order valence-electron chi connectivity index (χ4n) is 3.04. The molecule has 0 atom stereocenters. The van der Waals surface area contributed by atoms with Crippen LogP contribution < -0.4 is 5.56 Å². The minimum atomic E-state index is -3.20. The fourth-order valence-corrected chi connectivity index (χ4v) is 4.11. The molecule has 0 bridgehead atoms. The lowest BCUT2D eigenvalue weighted by atomic mass is 10.0. The van der Waals surface area contributed by atoms with Crippen LogP contribution in [0.25, 0.3) is 0 Å². The summed E-state index contributed by atoms with van der Waals surface area (Å²) in [5, 5.41) is 0. The third kappa shape index (κ3) is 3.60. The van der Waals surface area contributed by atoms with E-state index in [2.05, 4.69) is 0 Å². The number of benzene rings is 1. The topological polar surface area (TPSA) is 59.4 Å². The van der Waals surface area contributed by atoms with Crippen LogP contribution in [0.1, 0.15) is 23.6 Å². The second kappa shape index (κ2) is 6.91. The van der Waals surface area contributed by atoms with Gasteiger partial charge in [-0.1, -0.05) is 30.3 Å². The van der Waals surface area contributed by atoms with Gasteiger partial charge in [-0.25, -0.2) is 8.42 Å². The van der Waals surface area contributed by atoms with Gasteiger partial charge in [-0.15, -0.1) is 0 Å². The maximum absolute atomic E-state index is 12.3. The van der Waals surface area contributed by atoms with Gasteiger partial charge in [0.05, 0.1) is 5.75 Å². The molecule has 1 aromatic heterocycles. The van der Waals surface area contributed by atoms with Crippen molar-refractivity contribution in [2.24, 2.45) is 0 Å². The number of sulfonamides is 1. The van der Waals surface area contributed by atoms with Crippen LogP contribution in [0.4, 0.5) is 0 Å². The van der Waals surface area contributed by atoms with Crippen molar-refractivity contribution in [3.8, 4) is 0 Å². The summed E-state index contributed by atoms with van der Waals surface area (Å²) in [5.74, 6) is 0.107. The molecule has 0 fully saturated rings. The number of pyridine rings is 1. The Morgan fingerprint density at radius 3 is 2.58 bits per heavy atom. The van der Waals surface area contributed by atoms with Crippen molar-refractivity contribution in [1.29, 1.82) is 0 Å². The Morgan fingerprint density at radius 1 is 1.12 bits per heavy atom. The molecule has 128 valence electrons. The minimum absolute atomic E-state index is 0.0171. The fraction of sp³-hybridized carbons (Fsp3) is 0.389. The molecule has 1 aliphatic rings. The largest absolute Gasteiger partial charge is 0.315 e. The van der Waals surface area contributed by atoms with Gasteiger partial charge in [0, 0.05) is 31.9 Å². The monoisotopic (exact) mass is 346 g/mol. The Morgan fingerprint density at radius 2 is 1.88 bits per heavy atom. The van der Waals surface area contributed by atoms with Crippen molar-refractivity contribution in [3.05, 3.63) is 69.6 Å². The smallest absolute Gasteiger partial charge is 0.250 e. The third-order valence-electron chi connectivity index (χ3n) is 4.52. The van der Waals surface area contributed by atoms with E-state index in [-0.39, 0.29) is 11.3 Å². The Bertz CT molecular complexity index is 873. The van der Waals surface area contributed by atoms with Crippen LogP contribution in [0.5, 0.6) is 0 Å². The van der Waals surface area contributed by atoms with E-state index < -0.39 is 10.0 Å². The van der Waals surface area contributed by atoms with E-state index in [1.165, 1.54) is 9.87 Å². The molecule has 0 saturated heterocycles. The summed E-state index contributed by atoms with van der Waals surface area (Å²) in [6.45, 7) is 3.07. The molecule has 2 aromatic rings. The van der Waals surface area contributed by atoms with Crippen molar-refractivity contribution < 1.29 is 8.42 Å². The minimum Gasteiger partial charge on any atom is -0.315 e. The molecule has 24 heavy (non-hydrogen) atoms. The van der Waals surface area contributed by atoms with Gasteiger partial charge >= 0.3 is 0 Å². The van der Waals surface area contributed by atoms with E-state index in [0.717, 1.165) is 17.5 Å². The zero-order valence-electron chi connectivity index (χ0n) is 13.8. The number of fused-ring (bicyclic) bond motifs is 1. The molecule has 0 unspecified atom stereocenters. The van der Waals surface area contributed by atoms with Crippen LogP contribution in [0, 0.1) is 0 Å². The van der Waals surface area contributed by atoms with Gasteiger partial charge in [-0.3, -0.25) is 4.79 Å². The van der Waals surface area contributed by atoms with E-state index in [1.54, 1.807) is 17.6 Å². The molecule has 0 aliphatic carbocycles. The number of hydrogen-bond acceptors (Lipinski definition) is 3. The third-order valence-corrected chi connectivity index (χ3v) is 6.35. The molecule has 0 amide bonds. The van der Waals surface area contributed by atoms with Gasteiger partial charge in [0.2, 0.25) is 10.0 Å². The standard InChI is InChI=1S/C18H22N2O3S/c1-2-24(22,23)20-11-9-16-12-18(21)19(13-17(16)14-20)10-8-15-6-4-3-5-7-15/h3-7,12-13H,2,8-11,14H2,1H3. The summed E-state index contributed by atoms with van der Waals surface area (Å²) < 4.78 is 27.4. The second-order valence-electron chi connectivity index (χ2n) is 6.08. The summed E-state index contributed by atoms with van der Waals surface area (Å²) in [6, 6.07) is 11.7. The van der Waals surface area contributed by atoms with Crippen molar-refractivity contribution in [2.45, 2.75) is 32.9 Å². The van der Waals surface area contributed by atoms with Crippen molar-refractivity contribution in [1.82, 2.24) is 8.87 Å². The van der Waals surface area contributed by atoms with Gasteiger partial charge in [0.15, 0.2) is 0 Å². The zero-order valence-corrected chi connectivity index (χ0v) is 14.6. The molecule has 0 radical (unpaired) electrons. The number of hydrogen-bond donors (Lipinski definition) is 0. The van der Waals surface area contributed by atoms with Crippen LogP contribution in [0.3, 0.4) is 0 Å². The highest BCUT2D eigenvalue weighted by molar-refractivity contribution is 7.89. The molecule has 2 heterocycles. The van der Waals surface area contributed by atoms with Crippen molar-refractivity contribution in [2.75, 3.05) is 12.3 Å². The van der Waals surface area contributed by atoms with E-state index in [9.17, 15) is 13.2 Å². The van der Waals surface area contributed by atoms with Gasteiger partial charge in [-0.2, -0.15) is 4.31 Å². The quantitative estimate of drug-likeness (QED) is 0.829. The molecule has 3 rings (SSSR count). The predicted molar refractivity (Wildman–Crippen MR) is 94.4 cm³/mol. The Labute approximate surface area is 142 Å². The molecule has 5 nitrogen and oxygen atoms in total. The summed E-state index contributed by atoms with van der Waals surface area (Å²) >= 11 is 0. The average molecular weight is 346 g/mol. The highest BCUT2D eigenvalue weighted by Gasteiger charge is 2.25. The van der Waals surface area contributed by atoms with E-state index >= 15 is 0 Å². The molecular formula is C18H22N2O3S. The average Bonchev–Trinajstić information content (AvgIpc) is 2.60. The number of rotatable bonds is 5. The van der Waals surface area contributed by atoms with E-state index in [4.69, 9.17) is 0 Å². The first-order chi connectivity index (χ1) is 11.5. The van der Waals surface area contributed by atoms with Crippen LogP contribution in [0.2, 0.25) is 0 Å². The SMILES string of the molecule is CCS(=O)(=O)N1CCc2cc(=O)n(CCc3ccccc3)cc2C1. The highest BCUT2D eigenvalue weighted by Crippen LogP contribution is 2.20. The van der Waals surface area contributed by atoms with Crippen molar-refractivity contribution >= 4 is 10.0 Å². The van der Waals surface area contributed by atoms with E-state index in [0.29, 0.717) is 26.1 Å². The molecule has 0 spiro atoms. The normalized spacial score (nSPS) is 15.2. The second-order valence-corrected chi connectivity index (χ2v) is 8.33.